The highest BCUT2D eigenvalue weighted by molar-refractivity contribution is 9.09. The first-order valence-electron chi connectivity index (χ1n) is 16.1. The summed E-state index contributed by atoms with van der Waals surface area (Å²) in [6, 6.07) is 15.1. The second-order valence-corrected chi connectivity index (χ2v) is 13.6. The zero-order valence-corrected chi connectivity index (χ0v) is 27.8. The number of alkyl halides is 1. The van der Waals surface area contributed by atoms with Crippen LogP contribution >= 0.6 is 15.9 Å². The molecule has 3 unspecified atom stereocenters. The molecular weight excluding hydrogens is 666 g/mol. The second kappa shape index (κ2) is 14.1. The molecule has 3 aliphatic heterocycles. The van der Waals surface area contributed by atoms with Gasteiger partial charge in [-0.25, -0.2) is 4.68 Å². The Bertz CT molecular complexity index is 1630. The number of esters is 1. The van der Waals surface area contributed by atoms with Gasteiger partial charge in [-0.2, -0.15) is 0 Å². The molecule has 3 aromatic rings. The summed E-state index contributed by atoms with van der Waals surface area (Å²) in [7, 11) is 0. The van der Waals surface area contributed by atoms with Crippen LogP contribution in [-0.4, -0.2) is 96.1 Å². The third-order valence-electron chi connectivity index (χ3n) is 9.58. The van der Waals surface area contributed by atoms with Crippen molar-refractivity contribution in [3.63, 3.8) is 0 Å². The number of likely N-dealkylation sites (tertiary alicyclic amines) is 1. The van der Waals surface area contributed by atoms with Crippen molar-refractivity contribution >= 4 is 44.7 Å². The van der Waals surface area contributed by atoms with Gasteiger partial charge in [-0.3, -0.25) is 14.4 Å². The first-order chi connectivity index (χ1) is 22.8. The molecule has 3 aliphatic rings. The van der Waals surface area contributed by atoms with Gasteiger partial charge in [0.25, 0.3) is 0 Å². The van der Waals surface area contributed by atoms with E-state index in [2.05, 4.69) is 39.4 Å². The van der Waals surface area contributed by atoms with E-state index in [-0.39, 0.29) is 37.2 Å². The molecule has 7 atom stereocenters. The number of amides is 2. The summed E-state index contributed by atoms with van der Waals surface area (Å²) in [6.45, 7) is 7.65. The van der Waals surface area contributed by atoms with Crippen LogP contribution in [0.2, 0.25) is 0 Å². The minimum atomic E-state index is -1.31. The van der Waals surface area contributed by atoms with Crippen molar-refractivity contribution < 1.29 is 29.0 Å². The topological polar surface area (TPSA) is 127 Å². The molecule has 3 fully saturated rings. The quantitative estimate of drug-likeness (QED) is 0.110. The lowest BCUT2D eigenvalue weighted by molar-refractivity contribution is -0.156. The normalized spacial score (nSPS) is 26.7. The molecule has 1 N–H and O–H groups in total. The summed E-state index contributed by atoms with van der Waals surface area (Å²) in [5.41, 5.74) is 1.02. The van der Waals surface area contributed by atoms with Gasteiger partial charge in [-0.1, -0.05) is 75.8 Å². The zero-order chi connectivity index (χ0) is 33.1. The summed E-state index contributed by atoms with van der Waals surface area (Å²) >= 11 is 3.72. The summed E-state index contributed by atoms with van der Waals surface area (Å²) < 4.78 is 14.0. The summed E-state index contributed by atoms with van der Waals surface area (Å²) in [5, 5.41) is 19.3. The third kappa shape index (κ3) is 6.02. The standard InChI is InChI=1S/C35H40BrN5O6/c1-3-5-6-12-18-46-34(45)28-29-32(43)41(24(21-42)19-23-13-8-7-9-14-23)31(35(29)20-25(36)30(28)47-35)33(44)39(17-4-2)22-40-27-16-11-10-15-26(27)37-38-40/h3-4,7-11,13-16,24-25,28-31,42H,1-2,5-6,12,17-22H2/t24-,25?,28+,29+,30+,31?,35?/m1/s1. The van der Waals surface area contributed by atoms with Crippen molar-refractivity contribution in [1.29, 1.82) is 0 Å². The van der Waals surface area contributed by atoms with Crippen LogP contribution in [0.4, 0.5) is 0 Å². The van der Waals surface area contributed by atoms with E-state index in [1.54, 1.807) is 15.7 Å². The number of allylic oxidation sites excluding steroid dienone is 1. The maximum atomic E-state index is 14.9. The highest BCUT2D eigenvalue weighted by atomic mass is 79.9. The lowest BCUT2D eigenvalue weighted by Crippen LogP contribution is -2.59. The number of rotatable bonds is 15. The van der Waals surface area contributed by atoms with Gasteiger partial charge in [0.1, 0.15) is 23.8 Å². The van der Waals surface area contributed by atoms with E-state index >= 15 is 0 Å². The lowest BCUT2D eigenvalue weighted by atomic mass is 9.70. The highest BCUT2D eigenvalue weighted by Gasteiger charge is 2.77. The Hall–Kier alpha value is -3.87. The van der Waals surface area contributed by atoms with E-state index in [1.807, 2.05) is 60.7 Å². The predicted molar refractivity (Wildman–Crippen MR) is 178 cm³/mol. The number of benzene rings is 2. The average Bonchev–Trinajstić information content (AvgIpc) is 3.80. The molecular formula is C35H40BrN5O6. The third-order valence-corrected chi connectivity index (χ3v) is 10.4. The SMILES string of the molecule is C=CCCCCOC(=O)[C@H]1[C@H]2C(=O)N([C@@H](CO)Cc3ccccc3)C(C(=O)N(CC=C)Cn3nnc4ccccc43)C23CC(Br)[C@@H]1O3. The van der Waals surface area contributed by atoms with Crippen LogP contribution in [0.5, 0.6) is 0 Å². The molecule has 2 amide bonds. The number of aliphatic hydroxyl groups excluding tert-OH is 1. The average molecular weight is 707 g/mol. The number of carbonyl (C=O) groups is 3. The fourth-order valence-corrected chi connectivity index (χ4v) is 8.48. The van der Waals surface area contributed by atoms with Gasteiger partial charge in [0.15, 0.2) is 0 Å². The van der Waals surface area contributed by atoms with Gasteiger partial charge < -0.3 is 24.4 Å². The van der Waals surface area contributed by atoms with Crippen molar-refractivity contribution in [2.75, 3.05) is 19.8 Å². The molecule has 0 saturated carbocycles. The minimum absolute atomic E-state index is 0.0461. The summed E-state index contributed by atoms with van der Waals surface area (Å²) in [6.07, 6.45) is 5.76. The number of fused-ring (bicyclic) bond motifs is 2. The van der Waals surface area contributed by atoms with Crippen molar-refractivity contribution in [3.05, 3.63) is 85.5 Å². The van der Waals surface area contributed by atoms with Crippen molar-refractivity contribution in [3.8, 4) is 0 Å². The smallest absolute Gasteiger partial charge is 0.312 e. The molecule has 6 rings (SSSR count). The van der Waals surface area contributed by atoms with Crippen LogP contribution in [0.15, 0.2) is 79.9 Å². The number of aliphatic hydroxyl groups is 1. The number of nitrogens with zero attached hydrogens (tertiary/aromatic N) is 5. The molecule has 12 heteroatoms. The molecule has 1 aromatic heterocycles. The summed E-state index contributed by atoms with van der Waals surface area (Å²) in [5.74, 6) is -3.13. The fourth-order valence-electron chi connectivity index (χ4n) is 7.54. The number of para-hydroxylation sites is 1. The van der Waals surface area contributed by atoms with E-state index in [9.17, 15) is 19.5 Å². The number of hydrogen-bond donors (Lipinski definition) is 1. The number of ether oxygens (including phenoxy) is 2. The number of carbonyl (C=O) groups excluding carboxylic acids is 3. The number of unbranched alkanes of at least 4 members (excludes halogenated alkanes) is 2. The Morgan fingerprint density at radius 2 is 1.91 bits per heavy atom. The van der Waals surface area contributed by atoms with Gasteiger partial charge in [0.2, 0.25) is 11.8 Å². The Labute approximate surface area is 282 Å². The Kier molecular flexibility index (Phi) is 9.90. The molecule has 0 radical (unpaired) electrons. The van der Waals surface area contributed by atoms with Gasteiger partial charge >= 0.3 is 5.97 Å². The number of aromatic nitrogens is 3. The van der Waals surface area contributed by atoms with E-state index in [0.29, 0.717) is 24.8 Å². The Morgan fingerprint density at radius 1 is 1.15 bits per heavy atom. The Balaban J connectivity index is 1.37. The van der Waals surface area contributed by atoms with E-state index in [4.69, 9.17) is 9.47 Å². The molecule has 248 valence electrons. The monoisotopic (exact) mass is 705 g/mol. The van der Waals surface area contributed by atoms with E-state index in [0.717, 1.165) is 23.9 Å². The molecule has 1 spiro atoms. The predicted octanol–water partition coefficient (Wildman–Crippen LogP) is 3.65. The second-order valence-electron chi connectivity index (χ2n) is 12.5. The largest absolute Gasteiger partial charge is 0.465 e. The van der Waals surface area contributed by atoms with Crippen LogP contribution in [0.25, 0.3) is 11.0 Å². The fraction of sp³-hybridized carbons (Fsp3) is 0.457. The number of halogens is 1. The van der Waals surface area contributed by atoms with Crippen LogP contribution in [0, 0.1) is 11.8 Å². The van der Waals surface area contributed by atoms with Gasteiger partial charge in [-0.15, -0.1) is 18.3 Å². The van der Waals surface area contributed by atoms with Crippen molar-refractivity contribution in [2.45, 2.75) is 67.4 Å². The van der Waals surface area contributed by atoms with Crippen LogP contribution in [0.3, 0.4) is 0 Å². The lowest BCUT2D eigenvalue weighted by Gasteiger charge is -2.39. The van der Waals surface area contributed by atoms with Gasteiger partial charge in [0, 0.05) is 11.4 Å². The molecule has 4 heterocycles. The Morgan fingerprint density at radius 3 is 2.66 bits per heavy atom. The maximum Gasteiger partial charge on any atom is 0.312 e. The summed E-state index contributed by atoms with van der Waals surface area (Å²) in [4.78, 5) is 46.1. The molecule has 2 aromatic carbocycles. The van der Waals surface area contributed by atoms with Crippen molar-refractivity contribution in [2.24, 2.45) is 11.8 Å². The molecule has 47 heavy (non-hydrogen) atoms. The first-order valence-corrected chi connectivity index (χ1v) is 17.0. The van der Waals surface area contributed by atoms with Crippen LogP contribution in [-0.2, 0) is 36.9 Å². The maximum absolute atomic E-state index is 14.9. The van der Waals surface area contributed by atoms with Crippen LogP contribution < -0.4 is 0 Å². The highest BCUT2D eigenvalue weighted by Crippen LogP contribution is 2.60. The first kappa shape index (κ1) is 33.0. The molecule has 0 aliphatic carbocycles. The molecule has 11 nitrogen and oxygen atoms in total. The van der Waals surface area contributed by atoms with Gasteiger partial charge in [0.05, 0.1) is 42.7 Å². The van der Waals surface area contributed by atoms with Gasteiger partial charge in [-0.05, 0) is 49.8 Å². The molecule has 3 saturated heterocycles. The zero-order valence-electron chi connectivity index (χ0n) is 26.2. The van der Waals surface area contributed by atoms with Crippen molar-refractivity contribution in [1.82, 2.24) is 24.8 Å². The van der Waals surface area contributed by atoms with E-state index < -0.39 is 47.5 Å². The minimum Gasteiger partial charge on any atom is -0.465 e. The van der Waals surface area contributed by atoms with Crippen LogP contribution in [0.1, 0.15) is 31.2 Å². The molecule has 2 bridgehead atoms. The number of hydrogen-bond acceptors (Lipinski definition) is 8. The van der Waals surface area contributed by atoms with E-state index in [1.165, 1.54) is 4.90 Å².